The van der Waals surface area contributed by atoms with Gasteiger partial charge in [0.25, 0.3) is 5.91 Å². The van der Waals surface area contributed by atoms with Crippen molar-refractivity contribution in [2.45, 2.75) is 25.3 Å². The van der Waals surface area contributed by atoms with Gasteiger partial charge in [0.2, 0.25) is 5.91 Å². The van der Waals surface area contributed by atoms with Crippen LogP contribution in [-0.2, 0) is 4.79 Å². The fourth-order valence-electron chi connectivity index (χ4n) is 3.18. The summed E-state index contributed by atoms with van der Waals surface area (Å²) in [5.41, 5.74) is -0.0870. The van der Waals surface area contributed by atoms with E-state index in [0.717, 1.165) is 25.9 Å². The third-order valence-corrected chi connectivity index (χ3v) is 4.81. The average molecular weight is 338 g/mol. The molecular weight excluding hydrogens is 314 g/mol. The molecule has 1 unspecified atom stereocenters. The van der Waals surface area contributed by atoms with Gasteiger partial charge >= 0.3 is 0 Å². The Hall–Kier alpha value is -1.59. The van der Waals surface area contributed by atoms with Crippen LogP contribution in [0.5, 0.6) is 0 Å². The number of amides is 2. The highest BCUT2D eigenvalue weighted by Gasteiger charge is 2.45. The van der Waals surface area contributed by atoms with Gasteiger partial charge in [-0.05, 0) is 31.9 Å². The quantitative estimate of drug-likeness (QED) is 0.874. The molecule has 0 aliphatic carbocycles. The van der Waals surface area contributed by atoms with Gasteiger partial charge in [-0.1, -0.05) is 18.2 Å². The first-order valence-corrected chi connectivity index (χ1v) is 7.97. The van der Waals surface area contributed by atoms with Crippen LogP contribution in [0.15, 0.2) is 30.3 Å². The fraction of sp³-hybridized carbons (Fsp3) is 0.529. The molecule has 1 atom stereocenters. The summed E-state index contributed by atoms with van der Waals surface area (Å²) in [4.78, 5) is 27.1. The van der Waals surface area contributed by atoms with Crippen molar-refractivity contribution in [1.29, 1.82) is 0 Å². The molecule has 2 N–H and O–H groups in total. The maximum absolute atomic E-state index is 12.7. The van der Waals surface area contributed by atoms with Gasteiger partial charge in [-0.2, -0.15) is 0 Å². The van der Waals surface area contributed by atoms with Gasteiger partial charge in [-0.15, -0.1) is 12.4 Å². The Bertz CT molecular complexity index is 562. The molecule has 0 spiro atoms. The minimum atomic E-state index is -0.732. The second kappa shape index (κ2) is 7.32. The molecule has 23 heavy (non-hydrogen) atoms. The van der Waals surface area contributed by atoms with E-state index in [1.165, 1.54) is 0 Å². The Kier molecular flexibility index (Phi) is 5.65. The summed E-state index contributed by atoms with van der Waals surface area (Å²) in [5, 5.41) is 6.23. The second-order valence-corrected chi connectivity index (χ2v) is 6.43. The Morgan fingerprint density at radius 1 is 1.30 bits per heavy atom. The topological polar surface area (TPSA) is 61.4 Å². The number of benzene rings is 1. The maximum atomic E-state index is 12.7. The van der Waals surface area contributed by atoms with Crippen LogP contribution in [0, 0.1) is 5.92 Å². The number of likely N-dealkylation sites (tertiary alicyclic amines) is 1. The SMILES string of the molecule is CC1(C(=O)NCC2CNC2)CCCN1C(=O)c1ccccc1.Cl. The van der Waals surface area contributed by atoms with Crippen LogP contribution in [-0.4, -0.2) is 48.4 Å². The lowest BCUT2D eigenvalue weighted by molar-refractivity contribution is -0.130. The fourth-order valence-corrected chi connectivity index (χ4v) is 3.18. The third-order valence-electron chi connectivity index (χ3n) is 4.81. The number of rotatable bonds is 4. The lowest BCUT2D eigenvalue weighted by Crippen LogP contribution is -2.57. The largest absolute Gasteiger partial charge is 0.354 e. The zero-order chi connectivity index (χ0) is 15.6. The number of nitrogens with one attached hydrogen (secondary N) is 2. The molecule has 0 saturated carbocycles. The zero-order valence-corrected chi connectivity index (χ0v) is 14.2. The molecule has 6 heteroatoms. The van der Waals surface area contributed by atoms with Crippen LogP contribution in [0.3, 0.4) is 0 Å². The van der Waals surface area contributed by atoms with Crippen LogP contribution in [0.4, 0.5) is 0 Å². The summed E-state index contributed by atoms with van der Waals surface area (Å²) in [7, 11) is 0. The Labute approximate surface area is 143 Å². The molecule has 5 nitrogen and oxygen atoms in total. The molecule has 0 bridgehead atoms. The molecule has 1 aromatic carbocycles. The molecule has 2 heterocycles. The smallest absolute Gasteiger partial charge is 0.254 e. The number of carbonyl (C=O) groups excluding carboxylic acids is 2. The van der Waals surface area contributed by atoms with Crippen molar-refractivity contribution >= 4 is 24.2 Å². The van der Waals surface area contributed by atoms with E-state index in [1.807, 2.05) is 25.1 Å². The lowest BCUT2D eigenvalue weighted by Gasteiger charge is -2.35. The second-order valence-electron chi connectivity index (χ2n) is 6.43. The molecule has 2 amide bonds. The van der Waals surface area contributed by atoms with E-state index in [0.29, 0.717) is 24.6 Å². The summed E-state index contributed by atoms with van der Waals surface area (Å²) in [6.07, 6.45) is 1.59. The summed E-state index contributed by atoms with van der Waals surface area (Å²) < 4.78 is 0. The van der Waals surface area contributed by atoms with Gasteiger partial charge in [0.1, 0.15) is 5.54 Å². The van der Waals surface area contributed by atoms with Crippen molar-refractivity contribution in [3.05, 3.63) is 35.9 Å². The molecule has 2 aliphatic heterocycles. The van der Waals surface area contributed by atoms with Crippen molar-refractivity contribution in [1.82, 2.24) is 15.5 Å². The van der Waals surface area contributed by atoms with E-state index in [-0.39, 0.29) is 24.2 Å². The van der Waals surface area contributed by atoms with Gasteiger partial charge in [0, 0.05) is 37.7 Å². The van der Waals surface area contributed by atoms with E-state index < -0.39 is 5.54 Å². The van der Waals surface area contributed by atoms with Gasteiger partial charge < -0.3 is 15.5 Å². The van der Waals surface area contributed by atoms with Crippen LogP contribution in [0.25, 0.3) is 0 Å². The van der Waals surface area contributed by atoms with E-state index >= 15 is 0 Å². The predicted molar refractivity (Wildman–Crippen MR) is 91.7 cm³/mol. The maximum Gasteiger partial charge on any atom is 0.254 e. The van der Waals surface area contributed by atoms with Crippen molar-refractivity contribution in [2.24, 2.45) is 5.92 Å². The minimum absolute atomic E-state index is 0. The zero-order valence-electron chi connectivity index (χ0n) is 13.4. The van der Waals surface area contributed by atoms with Crippen molar-refractivity contribution in [3.63, 3.8) is 0 Å². The summed E-state index contributed by atoms with van der Waals surface area (Å²) in [6, 6.07) is 9.20. The number of carbonyl (C=O) groups is 2. The lowest BCUT2D eigenvalue weighted by atomic mass is 9.96. The van der Waals surface area contributed by atoms with Crippen LogP contribution in [0.1, 0.15) is 30.1 Å². The molecule has 2 fully saturated rings. The summed E-state index contributed by atoms with van der Waals surface area (Å²) in [5.74, 6) is 0.439. The Morgan fingerprint density at radius 3 is 2.61 bits per heavy atom. The highest BCUT2D eigenvalue weighted by molar-refractivity contribution is 5.99. The number of hydrogen-bond donors (Lipinski definition) is 2. The van der Waals surface area contributed by atoms with E-state index in [1.54, 1.807) is 17.0 Å². The van der Waals surface area contributed by atoms with Crippen LogP contribution >= 0.6 is 12.4 Å². The van der Waals surface area contributed by atoms with Crippen molar-refractivity contribution < 1.29 is 9.59 Å². The first kappa shape index (κ1) is 17.8. The van der Waals surface area contributed by atoms with E-state index in [2.05, 4.69) is 10.6 Å². The number of hydrogen-bond acceptors (Lipinski definition) is 3. The van der Waals surface area contributed by atoms with Crippen LogP contribution in [0.2, 0.25) is 0 Å². The number of nitrogens with zero attached hydrogens (tertiary/aromatic N) is 1. The highest BCUT2D eigenvalue weighted by atomic mass is 35.5. The predicted octanol–water partition coefficient (Wildman–Crippen LogP) is 1.44. The summed E-state index contributed by atoms with van der Waals surface area (Å²) >= 11 is 0. The van der Waals surface area contributed by atoms with Gasteiger partial charge in [-0.25, -0.2) is 0 Å². The molecule has 126 valence electrons. The molecule has 0 aromatic heterocycles. The molecule has 2 saturated heterocycles. The third kappa shape index (κ3) is 3.51. The van der Waals surface area contributed by atoms with Crippen LogP contribution < -0.4 is 10.6 Å². The van der Waals surface area contributed by atoms with E-state index in [4.69, 9.17) is 0 Å². The highest BCUT2D eigenvalue weighted by Crippen LogP contribution is 2.30. The normalized spacial score (nSPS) is 23.8. The molecule has 2 aliphatic rings. The molecular formula is C17H24ClN3O2. The van der Waals surface area contributed by atoms with E-state index in [9.17, 15) is 9.59 Å². The molecule has 3 rings (SSSR count). The van der Waals surface area contributed by atoms with Gasteiger partial charge in [0.05, 0.1) is 0 Å². The van der Waals surface area contributed by atoms with Gasteiger partial charge in [-0.3, -0.25) is 9.59 Å². The Morgan fingerprint density at radius 2 is 2.00 bits per heavy atom. The van der Waals surface area contributed by atoms with Crippen molar-refractivity contribution in [2.75, 3.05) is 26.2 Å². The van der Waals surface area contributed by atoms with Crippen molar-refractivity contribution in [3.8, 4) is 0 Å². The Balaban J connectivity index is 0.00000192. The standard InChI is InChI=1S/C17H23N3O2.ClH/c1-17(16(22)19-12-13-10-18-11-13)8-5-9-20(17)15(21)14-6-3-2-4-7-14;/h2-4,6-7,13,18H,5,8-12H2,1H3,(H,19,22);1H. The van der Waals surface area contributed by atoms with Gasteiger partial charge in [0.15, 0.2) is 0 Å². The first-order chi connectivity index (χ1) is 10.6. The number of halogens is 1. The monoisotopic (exact) mass is 337 g/mol. The first-order valence-electron chi connectivity index (χ1n) is 7.97. The molecule has 1 aromatic rings. The average Bonchev–Trinajstić information content (AvgIpc) is 2.89. The minimum Gasteiger partial charge on any atom is -0.354 e. The molecule has 0 radical (unpaired) electrons. The summed E-state index contributed by atoms with van der Waals surface area (Å²) in [6.45, 7) is 5.14.